The molecule has 0 aliphatic rings. The molecule has 0 spiro atoms. The molecule has 0 saturated carbocycles. The van der Waals surface area contributed by atoms with E-state index in [2.05, 4.69) is 4.98 Å². The lowest BCUT2D eigenvalue weighted by Crippen LogP contribution is -2.17. The zero-order valence-electron chi connectivity index (χ0n) is 12.3. The third-order valence-electron chi connectivity index (χ3n) is 3.53. The van der Waals surface area contributed by atoms with Crippen LogP contribution in [0.2, 0.25) is 0 Å². The first kappa shape index (κ1) is 15.4. The molecule has 1 aromatic heterocycles. The first-order valence-corrected chi connectivity index (χ1v) is 6.63. The fourth-order valence-electron chi connectivity index (χ4n) is 2.40. The molecule has 0 fully saturated rings. The Hall–Kier alpha value is -2.01. The number of benzene rings is 1. The number of pyridine rings is 1. The number of aromatic nitrogens is 1. The number of aryl methyl sites for hydroxylation is 1. The third kappa shape index (κ3) is 3.19. The monoisotopic (exact) mass is 292 g/mol. The van der Waals surface area contributed by atoms with Gasteiger partial charge in [0.1, 0.15) is 17.4 Å². The van der Waals surface area contributed by atoms with Crippen molar-refractivity contribution in [2.24, 2.45) is 5.73 Å². The minimum atomic E-state index is -0.640. The smallest absolute Gasteiger partial charge is 0.130 e. The quantitative estimate of drug-likeness (QED) is 0.941. The Morgan fingerprint density at radius 3 is 2.62 bits per heavy atom. The van der Waals surface area contributed by atoms with E-state index >= 15 is 0 Å². The molecule has 3 nitrogen and oxygen atoms in total. The molecule has 112 valence electrons. The van der Waals surface area contributed by atoms with Gasteiger partial charge in [-0.25, -0.2) is 8.78 Å². The van der Waals surface area contributed by atoms with Crippen LogP contribution in [0.3, 0.4) is 0 Å². The average molecular weight is 292 g/mol. The minimum absolute atomic E-state index is 0.275. The van der Waals surface area contributed by atoms with Crippen molar-refractivity contribution in [3.8, 4) is 5.75 Å². The van der Waals surface area contributed by atoms with Crippen molar-refractivity contribution in [1.82, 2.24) is 4.98 Å². The van der Waals surface area contributed by atoms with Crippen molar-refractivity contribution in [1.29, 1.82) is 0 Å². The second kappa shape index (κ2) is 6.18. The fourth-order valence-corrected chi connectivity index (χ4v) is 2.40. The molecule has 1 unspecified atom stereocenters. The maximum absolute atomic E-state index is 13.7. The Morgan fingerprint density at radius 1 is 1.29 bits per heavy atom. The van der Waals surface area contributed by atoms with Crippen LogP contribution in [-0.2, 0) is 6.42 Å². The van der Waals surface area contributed by atoms with E-state index in [1.165, 1.54) is 12.1 Å². The van der Waals surface area contributed by atoms with E-state index in [0.717, 1.165) is 28.6 Å². The van der Waals surface area contributed by atoms with Gasteiger partial charge in [0, 0.05) is 47.1 Å². The first-order valence-electron chi connectivity index (χ1n) is 6.63. The van der Waals surface area contributed by atoms with Crippen LogP contribution in [0.4, 0.5) is 8.78 Å². The van der Waals surface area contributed by atoms with E-state index in [9.17, 15) is 8.78 Å². The molecule has 1 aromatic carbocycles. The molecule has 1 heterocycles. The predicted molar refractivity (Wildman–Crippen MR) is 77.3 cm³/mol. The Morgan fingerprint density at radius 2 is 2.00 bits per heavy atom. The number of rotatable bonds is 4. The van der Waals surface area contributed by atoms with E-state index in [-0.39, 0.29) is 5.56 Å². The van der Waals surface area contributed by atoms with Gasteiger partial charge in [-0.15, -0.1) is 0 Å². The van der Waals surface area contributed by atoms with Crippen LogP contribution in [0.1, 0.15) is 28.4 Å². The van der Waals surface area contributed by atoms with Gasteiger partial charge in [0.25, 0.3) is 0 Å². The second-order valence-electron chi connectivity index (χ2n) is 5.02. The zero-order chi connectivity index (χ0) is 15.6. The molecule has 21 heavy (non-hydrogen) atoms. The van der Waals surface area contributed by atoms with E-state index in [4.69, 9.17) is 10.5 Å². The summed E-state index contributed by atoms with van der Waals surface area (Å²) < 4.78 is 32.0. The molecule has 2 aromatic rings. The van der Waals surface area contributed by atoms with E-state index in [0.29, 0.717) is 6.42 Å². The van der Waals surface area contributed by atoms with Crippen LogP contribution < -0.4 is 10.5 Å². The number of methoxy groups -OCH3 is 1. The summed E-state index contributed by atoms with van der Waals surface area (Å²) in [5.41, 5.74) is 8.87. The summed E-state index contributed by atoms with van der Waals surface area (Å²) in [6.45, 7) is 3.80. The number of ether oxygens (including phenoxy) is 1. The summed E-state index contributed by atoms with van der Waals surface area (Å²) >= 11 is 0. The SMILES string of the molecule is COc1c(C)cnc(CC(N)c2ccc(F)cc2F)c1C. The number of nitrogens with zero attached hydrogens (tertiary/aromatic N) is 1. The lowest BCUT2D eigenvalue weighted by molar-refractivity contribution is 0.406. The average Bonchev–Trinajstić information content (AvgIpc) is 2.42. The highest BCUT2D eigenvalue weighted by Gasteiger charge is 2.17. The Balaban J connectivity index is 2.29. The lowest BCUT2D eigenvalue weighted by atomic mass is 9.99. The molecule has 0 saturated heterocycles. The van der Waals surface area contributed by atoms with Crippen LogP contribution >= 0.6 is 0 Å². The molecule has 5 heteroatoms. The topological polar surface area (TPSA) is 48.1 Å². The lowest BCUT2D eigenvalue weighted by Gasteiger charge is -2.16. The van der Waals surface area contributed by atoms with Gasteiger partial charge in [-0.3, -0.25) is 4.98 Å². The molecule has 0 aliphatic heterocycles. The van der Waals surface area contributed by atoms with Crippen molar-refractivity contribution in [3.05, 3.63) is 58.4 Å². The summed E-state index contributed by atoms with van der Waals surface area (Å²) in [5, 5.41) is 0. The molecule has 0 aliphatic carbocycles. The van der Waals surface area contributed by atoms with Crippen LogP contribution in [0.15, 0.2) is 24.4 Å². The minimum Gasteiger partial charge on any atom is -0.496 e. The highest BCUT2D eigenvalue weighted by molar-refractivity contribution is 5.41. The summed E-state index contributed by atoms with van der Waals surface area (Å²) in [7, 11) is 1.60. The van der Waals surface area contributed by atoms with Crippen LogP contribution in [0, 0.1) is 25.5 Å². The maximum atomic E-state index is 13.7. The number of hydrogen-bond acceptors (Lipinski definition) is 3. The highest BCUT2D eigenvalue weighted by atomic mass is 19.1. The van der Waals surface area contributed by atoms with Crippen molar-refractivity contribution in [2.45, 2.75) is 26.3 Å². The Labute approximate surface area is 122 Å². The van der Waals surface area contributed by atoms with Gasteiger partial charge in [-0.2, -0.15) is 0 Å². The van der Waals surface area contributed by atoms with Gasteiger partial charge in [-0.05, 0) is 19.9 Å². The van der Waals surface area contributed by atoms with Gasteiger partial charge in [0.2, 0.25) is 0 Å². The van der Waals surface area contributed by atoms with E-state index in [1.54, 1.807) is 13.3 Å². The molecule has 2 rings (SSSR count). The summed E-state index contributed by atoms with van der Waals surface area (Å²) in [4.78, 5) is 4.34. The van der Waals surface area contributed by atoms with Crippen molar-refractivity contribution in [3.63, 3.8) is 0 Å². The van der Waals surface area contributed by atoms with Crippen LogP contribution in [-0.4, -0.2) is 12.1 Å². The summed E-state index contributed by atoms with van der Waals surface area (Å²) in [6.07, 6.45) is 2.06. The van der Waals surface area contributed by atoms with Gasteiger partial charge >= 0.3 is 0 Å². The molecule has 1 atom stereocenters. The molecule has 0 bridgehead atoms. The number of halogens is 2. The van der Waals surface area contributed by atoms with Crippen LogP contribution in [0.25, 0.3) is 0 Å². The number of hydrogen-bond donors (Lipinski definition) is 1. The maximum Gasteiger partial charge on any atom is 0.130 e. The summed E-state index contributed by atoms with van der Waals surface area (Å²) in [5.74, 6) is -0.499. The second-order valence-corrected chi connectivity index (χ2v) is 5.02. The van der Waals surface area contributed by atoms with E-state index < -0.39 is 17.7 Å². The van der Waals surface area contributed by atoms with Gasteiger partial charge in [0.05, 0.1) is 7.11 Å². The zero-order valence-corrected chi connectivity index (χ0v) is 12.3. The standard InChI is InChI=1S/C16H18F2N2O/c1-9-8-20-15(10(2)16(9)21-3)7-14(19)12-5-4-11(17)6-13(12)18/h4-6,8,14H,7,19H2,1-3H3. The molecular formula is C16H18F2N2O. The van der Waals surface area contributed by atoms with Crippen molar-refractivity contribution < 1.29 is 13.5 Å². The largest absolute Gasteiger partial charge is 0.496 e. The van der Waals surface area contributed by atoms with Crippen molar-refractivity contribution >= 4 is 0 Å². The molecule has 2 N–H and O–H groups in total. The summed E-state index contributed by atoms with van der Waals surface area (Å²) in [6, 6.07) is 2.82. The Kier molecular flexibility index (Phi) is 4.53. The van der Waals surface area contributed by atoms with Crippen molar-refractivity contribution in [2.75, 3.05) is 7.11 Å². The Bertz CT molecular complexity index is 659. The fraction of sp³-hybridized carbons (Fsp3) is 0.312. The third-order valence-corrected chi connectivity index (χ3v) is 3.53. The van der Waals surface area contributed by atoms with Gasteiger partial charge in [-0.1, -0.05) is 6.07 Å². The number of nitrogens with two attached hydrogens (primary N) is 1. The predicted octanol–water partition coefficient (Wildman–Crippen LogP) is 3.23. The molecule has 0 amide bonds. The van der Waals surface area contributed by atoms with Crippen LogP contribution in [0.5, 0.6) is 5.75 Å². The van der Waals surface area contributed by atoms with Gasteiger partial charge in [0.15, 0.2) is 0 Å². The molecular weight excluding hydrogens is 274 g/mol. The normalized spacial score (nSPS) is 12.3. The molecule has 0 radical (unpaired) electrons. The highest BCUT2D eigenvalue weighted by Crippen LogP contribution is 2.27. The first-order chi connectivity index (χ1) is 9.93. The van der Waals surface area contributed by atoms with Gasteiger partial charge < -0.3 is 10.5 Å². The van der Waals surface area contributed by atoms with E-state index in [1.807, 2.05) is 13.8 Å².